The Kier molecular flexibility index (Phi) is 7.40. The molecule has 0 aromatic heterocycles. The highest BCUT2D eigenvalue weighted by Crippen LogP contribution is 2.32. The number of sulfonamides is 1. The number of carbonyl (C=O) groups is 3. The standard InChI is InChI=1S/C17H23N3O8S/c1-10(2)15(16(22)28-9-14(21)19-17(23)18-3)20-29(24,25)11-4-5-12-13(8-11)27-7-6-26-12/h4-5,8,10,15,20H,6-7,9H2,1-3H3,(H2,18,19,21,23). The van der Waals surface area contributed by atoms with E-state index in [0.29, 0.717) is 19.0 Å². The number of urea groups is 1. The number of amides is 3. The fourth-order valence-corrected chi connectivity index (χ4v) is 3.68. The van der Waals surface area contributed by atoms with Crippen LogP contribution in [0.25, 0.3) is 0 Å². The van der Waals surface area contributed by atoms with Crippen molar-refractivity contribution in [3.63, 3.8) is 0 Å². The van der Waals surface area contributed by atoms with Crippen LogP contribution in [-0.4, -0.2) is 59.2 Å². The van der Waals surface area contributed by atoms with Gasteiger partial charge in [-0.05, 0) is 18.1 Å². The molecule has 1 unspecified atom stereocenters. The number of nitrogens with one attached hydrogen (secondary N) is 3. The Morgan fingerprint density at radius 3 is 2.41 bits per heavy atom. The van der Waals surface area contributed by atoms with Gasteiger partial charge in [0.05, 0.1) is 4.90 Å². The van der Waals surface area contributed by atoms with E-state index in [0.717, 1.165) is 0 Å². The maximum absolute atomic E-state index is 12.7. The summed E-state index contributed by atoms with van der Waals surface area (Å²) in [5.74, 6) is -1.56. The first-order valence-corrected chi connectivity index (χ1v) is 10.2. The number of esters is 1. The van der Waals surface area contributed by atoms with Crippen molar-refractivity contribution in [1.29, 1.82) is 0 Å². The Morgan fingerprint density at radius 2 is 1.79 bits per heavy atom. The molecule has 1 heterocycles. The van der Waals surface area contributed by atoms with Gasteiger partial charge in [-0.1, -0.05) is 13.8 Å². The van der Waals surface area contributed by atoms with Crippen molar-refractivity contribution in [1.82, 2.24) is 15.4 Å². The molecule has 1 aromatic rings. The molecule has 0 fully saturated rings. The molecule has 11 nitrogen and oxygen atoms in total. The van der Waals surface area contributed by atoms with E-state index in [2.05, 4.69) is 10.0 Å². The van der Waals surface area contributed by atoms with Crippen LogP contribution in [0.5, 0.6) is 11.5 Å². The first kappa shape index (κ1) is 22.4. The summed E-state index contributed by atoms with van der Waals surface area (Å²) in [6, 6.07) is 2.09. The molecule has 0 aliphatic carbocycles. The summed E-state index contributed by atoms with van der Waals surface area (Å²) >= 11 is 0. The van der Waals surface area contributed by atoms with Crippen LogP contribution in [-0.2, 0) is 24.3 Å². The van der Waals surface area contributed by atoms with Crippen molar-refractivity contribution >= 4 is 27.9 Å². The van der Waals surface area contributed by atoms with E-state index in [-0.39, 0.29) is 10.6 Å². The predicted molar refractivity (Wildman–Crippen MR) is 99.9 cm³/mol. The molecule has 1 atom stereocenters. The minimum absolute atomic E-state index is 0.113. The molecule has 3 N–H and O–H groups in total. The maximum atomic E-state index is 12.7. The van der Waals surface area contributed by atoms with Gasteiger partial charge in [0.2, 0.25) is 10.0 Å². The zero-order valence-corrected chi connectivity index (χ0v) is 17.0. The van der Waals surface area contributed by atoms with Crippen molar-refractivity contribution < 1.29 is 37.0 Å². The summed E-state index contributed by atoms with van der Waals surface area (Å²) in [6.45, 7) is 3.15. The van der Waals surface area contributed by atoms with Gasteiger partial charge in [-0.3, -0.25) is 14.9 Å². The second-order valence-corrected chi connectivity index (χ2v) is 8.10. The molecular weight excluding hydrogens is 406 g/mol. The SMILES string of the molecule is CNC(=O)NC(=O)COC(=O)C(NS(=O)(=O)c1ccc2c(c1)OCCO2)C(C)C. The summed E-state index contributed by atoms with van der Waals surface area (Å²) in [5, 5.41) is 4.10. The van der Waals surface area contributed by atoms with Crippen LogP contribution in [0.15, 0.2) is 23.1 Å². The Bertz CT molecular complexity index is 885. The first-order chi connectivity index (χ1) is 13.6. The number of rotatable bonds is 7. The van der Waals surface area contributed by atoms with E-state index < -0.39 is 46.5 Å². The third-order valence-electron chi connectivity index (χ3n) is 3.85. The van der Waals surface area contributed by atoms with Crippen LogP contribution in [0.1, 0.15) is 13.8 Å². The molecule has 1 aromatic carbocycles. The van der Waals surface area contributed by atoms with E-state index in [1.54, 1.807) is 13.8 Å². The summed E-state index contributed by atoms with van der Waals surface area (Å²) < 4.78 is 43.3. The predicted octanol–water partition coefficient (Wildman–Crippen LogP) is -0.240. The molecular formula is C17H23N3O8S. The summed E-state index contributed by atoms with van der Waals surface area (Å²) in [7, 11) is -2.78. The van der Waals surface area contributed by atoms with Gasteiger partial charge in [0.15, 0.2) is 18.1 Å². The molecule has 1 aliphatic heterocycles. The minimum Gasteiger partial charge on any atom is -0.486 e. The normalized spacial score (nSPS) is 14.1. The van der Waals surface area contributed by atoms with Crippen LogP contribution in [0.2, 0.25) is 0 Å². The van der Waals surface area contributed by atoms with Gasteiger partial charge in [0.1, 0.15) is 19.3 Å². The quantitative estimate of drug-likeness (QED) is 0.503. The second kappa shape index (κ2) is 9.56. The summed E-state index contributed by atoms with van der Waals surface area (Å²) in [5.41, 5.74) is 0. The molecule has 3 amide bonds. The smallest absolute Gasteiger partial charge is 0.324 e. The average Bonchev–Trinajstić information content (AvgIpc) is 2.69. The van der Waals surface area contributed by atoms with Gasteiger partial charge in [-0.25, -0.2) is 13.2 Å². The molecule has 0 saturated heterocycles. The van der Waals surface area contributed by atoms with Crippen LogP contribution in [0.4, 0.5) is 4.79 Å². The van der Waals surface area contributed by atoms with Crippen molar-refractivity contribution in [2.45, 2.75) is 24.8 Å². The van der Waals surface area contributed by atoms with E-state index in [9.17, 15) is 22.8 Å². The van der Waals surface area contributed by atoms with Gasteiger partial charge in [0.25, 0.3) is 5.91 Å². The molecule has 0 bridgehead atoms. The van der Waals surface area contributed by atoms with Gasteiger partial charge < -0.3 is 19.5 Å². The van der Waals surface area contributed by atoms with Gasteiger partial charge >= 0.3 is 12.0 Å². The largest absolute Gasteiger partial charge is 0.486 e. The van der Waals surface area contributed by atoms with Crippen LogP contribution < -0.4 is 24.8 Å². The van der Waals surface area contributed by atoms with Crippen molar-refractivity contribution in [2.24, 2.45) is 5.92 Å². The average molecular weight is 429 g/mol. The Hall–Kier alpha value is -2.86. The van der Waals surface area contributed by atoms with Crippen molar-refractivity contribution in [3.8, 4) is 11.5 Å². The summed E-state index contributed by atoms with van der Waals surface area (Å²) in [4.78, 5) is 34.8. The van der Waals surface area contributed by atoms with Crippen molar-refractivity contribution in [2.75, 3.05) is 26.9 Å². The van der Waals surface area contributed by atoms with Crippen molar-refractivity contribution in [3.05, 3.63) is 18.2 Å². The number of hydrogen-bond acceptors (Lipinski definition) is 8. The Labute approximate surface area is 168 Å². The van der Waals surface area contributed by atoms with Crippen LogP contribution in [0.3, 0.4) is 0 Å². The molecule has 12 heteroatoms. The minimum atomic E-state index is -4.10. The lowest BCUT2D eigenvalue weighted by molar-refractivity contribution is -0.150. The van der Waals surface area contributed by atoms with Gasteiger partial charge in [-0.15, -0.1) is 0 Å². The van der Waals surface area contributed by atoms with Gasteiger partial charge in [-0.2, -0.15) is 4.72 Å². The van der Waals surface area contributed by atoms with E-state index in [1.165, 1.54) is 25.2 Å². The highest BCUT2D eigenvalue weighted by atomic mass is 32.2. The molecule has 1 aliphatic rings. The number of imide groups is 1. The van der Waals surface area contributed by atoms with E-state index >= 15 is 0 Å². The fraction of sp³-hybridized carbons (Fsp3) is 0.471. The lowest BCUT2D eigenvalue weighted by Crippen LogP contribution is -2.46. The lowest BCUT2D eigenvalue weighted by atomic mass is 10.1. The lowest BCUT2D eigenvalue weighted by Gasteiger charge is -2.22. The van der Waals surface area contributed by atoms with Crippen LogP contribution >= 0.6 is 0 Å². The fourth-order valence-electron chi connectivity index (χ4n) is 2.33. The third kappa shape index (κ3) is 6.06. The number of carbonyl (C=O) groups excluding carboxylic acids is 3. The number of fused-ring (bicyclic) bond motifs is 1. The van der Waals surface area contributed by atoms with E-state index in [4.69, 9.17) is 14.2 Å². The molecule has 0 spiro atoms. The monoisotopic (exact) mass is 429 g/mol. The van der Waals surface area contributed by atoms with Gasteiger partial charge in [0, 0.05) is 13.1 Å². The molecule has 2 rings (SSSR count). The zero-order valence-electron chi connectivity index (χ0n) is 16.2. The molecule has 0 radical (unpaired) electrons. The molecule has 160 valence electrons. The second-order valence-electron chi connectivity index (χ2n) is 6.38. The highest BCUT2D eigenvalue weighted by Gasteiger charge is 2.31. The van der Waals surface area contributed by atoms with E-state index in [1.807, 2.05) is 5.32 Å². The zero-order chi connectivity index (χ0) is 21.6. The Morgan fingerprint density at radius 1 is 1.14 bits per heavy atom. The molecule has 29 heavy (non-hydrogen) atoms. The highest BCUT2D eigenvalue weighted by molar-refractivity contribution is 7.89. The molecule has 0 saturated carbocycles. The Balaban J connectivity index is 2.07. The maximum Gasteiger partial charge on any atom is 0.324 e. The van der Waals surface area contributed by atoms with Crippen LogP contribution in [0, 0.1) is 5.92 Å². The summed E-state index contributed by atoms with van der Waals surface area (Å²) in [6.07, 6.45) is 0. The topological polar surface area (TPSA) is 149 Å². The number of ether oxygens (including phenoxy) is 3. The third-order valence-corrected chi connectivity index (χ3v) is 5.29. The number of benzene rings is 1. The number of hydrogen-bond donors (Lipinski definition) is 3. The first-order valence-electron chi connectivity index (χ1n) is 8.74.